The molecule has 0 unspecified atom stereocenters. The van der Waals surface area contributed by atoms with E-state index in [1.807, 2.05) is 0 Å². The summed E-state index contributed by atoms with van der Waals surface area (Å²) >= 11 is 0. The molecule has 0 aliphatic carbocycles. The van der Waals surface area contributed by atoms with Crippen molar-refractivity contribution in [3.8, 4) is 5.75 Å². The van der Waals surface area contributed by atoms with Gasteiger partial charge in [0.2, 0.25) is 11.2 Å². The summed E-state index contributed by atoms with van der Waals surface area (Å²) < 4.78 is 5.11. The highest BCUT2D eigenvalue weighted by Gasteiger charge is 2.17. The van der Waals surface area contributed by atoms with Crippen molar-refractivity contribution < 1.29 is 14.3 Å². The minimum Gasteiger partial charge on any atom is -0.503 e. The Kier molecular flexibility index (Phi) is 2.36. The molecule has 16 heavy (non-hydrogen) atoms. The molecule has 0 aromatic carbocycles. The van der Waals surface area contributed by atoms with E-state index < -0.39 is 17.0 Å². The molecule has 0 saturated carbocycles. The Morgan fingerprint density at radius 2 is 2.12 bits per heavy atom. The van der Waals surface area contributed by atoms with E-state index in [2.05, 4.69) is 4.98 Å². The maximum absolute atomic E-state index is 11.8. The van der Waals surface area contributed by atoms with Crippen molar-refractivity contribution in [2.24, 2.45) is 0 Å². The number of rotatable bonds is 2. The molecule has 2 aromatic heterocycles. The molecule has 0 amide bonds. The number of H-pyrrole nitrogens is 1. The third kappa shape index (κ3) is 1.63. The van der Waals surface area contributed by atoms with Crippen molar-refractivity contribution in [3.63, 3.8) is 0 Å². The highest BCUT2D eigenvalue weighted by atomic mass is 16.3. The molecular formula is C11H9NO4. The van der Waals surface area contributed by atoms with Crippen molar-refractivity contribution in [3.05, 3.63) is 51.8 Å². The summed E-state index contributed by atoms with van der Waals surface area (Å²) in [6, 6.07) is 3.12. The lowest BCUT2D eigenvalue weighted by atomic mass is 10.1. The van der Waals surface area contributed by atoms with E-state index in [0.717, 1.165) is 6.20 Å². The number of ketones is 1. The first kappa shape index (κ1) is 10.2. The molecule has 0 radical (unpaired) electrons. The van der Waals surface area contributed by atoms with Gasteiger partial charge in [-0.2, -0.15) is 0 Å². The van der Waals surface area contributed by atoms with Crippen molar-refractivity contribution in [1.29, 1.82) is 0 Å². The number of furan rings is 1. The summed E-state index contributed by atoms with van der Waals surface area (Å²) in [6.45, 7) is 1.70. The highest BCUT2D eigenvalue weighted by Crippen LogP contribution is 2.11. The summed E-state index contributed by atoms with van der Waals surface area (Å²) in [7, 11) is 0. The Morgan fingerprint density at radius 1 is 1.38 bits per heavy atom. The van der Waals surface area contributed by atoms with Crippen LogP contribution in [0.25, 0.3) is 0 Å². The van der Waals surface area contributed by atoms with Crippen LogP contribution in [-0.4, -0.2) is 15.9 Å². The van der Waals surface area contributed by atoms with Crippen molar-refractivity contribution in [2.75, 3.05) is 0 Å². The summed E-state index contributed by atoms with van der Waals surface area (Å²) in [5.74, 6) is -0.382. The normalized spacial score (nSPS) is 10.3. The van der Waals surface area contributed by atoms with Gasteiger partial charge >= 0.3 is 0 Å². The summed E-state index contributed by atoms with van der Waals surface area (Å²) in [6.07, 6.45) is 2.36. The van der Waals surface area contributed by atoms with Gasteiger partial charge in [0.05, 0.1) is 5.56 Å². The number of aromatic nitrogens is 1. The van der Waals surface area contributed by atoms with Gasteiger partial charge in [-0.15, -0.1) is 0 Å². The zero-order valence-corrected chi connectivity index (χ0v) is 8.48. The number of nitrogens with one attached hydrogen (secondary N) is 1. The minimum atomic E-state index is -0.710. The second kappa shape index (κ2) is 3.69. The third-order valence-corrected chi connectivity index (χ3v) is 2.13. The maximum Gasteiger partial charge on any atom is 0.234 e. The fraction of sp³-hybridized carbons (Fsp3) is 0.0909. The first-order valence-corrected chi connectivity index (χ1v) is 4.61. The molecule has 2 aromatic rings. The van der Waals surface area contributed by atoms with Crippen LogP contribution in [0.15, 0.2) is 33.7 Å². The van der Waals surface area contributed by atoms with E-state index >= 15 is 0 Å². The lowest BCUT2D eigenvalue weighted by molar-refractivity contribution is 0.101. The van der Waals surface area contributed by atoms with Gasteiger partial charge < -0.3 is 14.5 Å². The molecule has 0 atom stereocenters. The number of hydrogen-bond donors (Lipinski definition) is 2. The average Bonchev–Trinajstić information content (AvgIpc) is 2.68. The van der Waals surface area contributed by atoms with Crippen LogP contribution in [0.2, 0.25) is 0 Å². The number of carbonyl (C=O) groups is 1. The molecule has 2 heterocycles. The van der Waals surface area contributed by atoms with Gasteiger partial charge in [0, 0.05) is 12.4 Å². The van der Waals surface area contributed by atoms with Gasteiger partial charge in [-0.05, 0) is 19.1 Å². The van der Waals surface area contributed by atoms with Crippen LogP contribution in [-0.2, 0) is 0 Å². The Labute approximate surface area is 90.3 Å². The highest BCUT2D eigenvalue weighted by molar-refractivity contribution is 6.07. The van der Waals surface area contributed by atoms with E-state index in [-0.39, 0.29) is 11.3 Å². The summed E-state index contributed by atoms with van der Waals surface area (Å²) in [5.41, 5.74) is -0.854. The number of aryl methyl sites for hydroxylation is 1. The summed E-state index contributed by atoms with van der Waals surface area (Å²) in [4.78, 5) is 25.8. The second-order valence-electron chi connectivity index (χ2n) is 3.32. The Morgan fingerprint density at radius 3 is 2.75 bits per heavy atom. The largest absolute Gasteiger partial charge is 0.503 e. The van der Waals surface area contributed by atoms with Crippen LogP contribution in [0, 0.1) is 6.92 Å². The first-order chi connectivity index (χ1) is 7.59. The number of pyridine rings is 1. The maximum atomic E-state index is 11.8. The molecule has 0 aliphatic rings. The molecule has 0 aliphatic heterocycles. The fourth-order valence-corrected chi connectivity index (χ4v) is 1.33. The van der Waals surface area contributed by atoms with Crippen LogP contribution < -0.4 is 5.43 Å². The predicted molar refractivity (Wildman–Crippen MR) is 55.6 cm³/mol. The minimum absolute atomic E-state index is 0.0774. The number of aromatic amines is 1. The van der Waals surface area contributed by atoms with Crippen LogP contribution >= 0.6 is 0 Å². The molecule has 2 N–H and O–H groups in total. The van der Waals surface area contributed by atoms with Gasteiger partial charge in [0.15, 0.2) is 11.5 Å². The standard InChI is InChI=1S/C11H9NO4/c1-6-2-3-9(16-6)11(15)7-4-12-5-8(13)10(7)14/h2-5,13H,1H3,(H,12,14). The van der Waals surface area contributed by atoms with Gasteiger partial charge in [0.1, 0.15) is 5.76 Å². The number of carbonyl (C=O) groups excluding carboxylic acids is 1. The van der Waals surface area contributed by atoms with Crippen LogP contribution in [0.1, 0.15) is 21.9 Å². The number of hydrogen-bond acceptors (Lipinski definition) is 4. The molecule has 5 nitrogen and oxygen atoms in total. The predicted octanol–water partition coefficient (Wildman–Crippen LogP) is 1.21. The van der Waals surface area contributed by atoms with E-state index in [9.17, 15) is 14.7 Å². The lowest BCUT2D eigenvalue weighted by Crippen LogP contribution is -2.15. The molecular weight excluding hydrogens is 210 g/mol. The average molecular weight is 219 g/mol. The zero-order chi connectivity index (χ0) is 11.7. The monoisotopic (exact) mass is 219 g/mol. The number of aromatic hydroxyl groups is 1. The molecule has 82 valence electrons. The SMILES string of the molecule is Cc1ccc(C(=O)c2c[nH]cc(O)c2=O)o1. The molecule has 0 saturated heterocycles. The van der Waals surface area contributed by atoms with Gasteiger partial charge in [-0.1, -0.05) is 0 Å². The summed E-state index contributed by atoms with van der Waals surface area (Å²) in [5, 5.41) is 9.17. The van der Waals surface area contributed by atoms with Crippen LogP contribution in [0.3, 0.4) is 0 Å². The van der Waals surface area contributed by atoms with Crippen molar-refractivity contribution in [2.45, 2.75) is 6.92 Å². The molecule has 0 bridgehead atoms. The Balaban J connectivity index is 2.50. The van der Waals surface area contributed by atoms with E-state index in [4.69, 9.17) is 4.42 Å². The van der Waals surface area contributed by atoms with Gasteiger partial charge in [-0.25, -0.2) is 0 Å². The second-order valence-corrected chi connectivity index (χ2v) is 3.32. The van der Waals surface area contributed by atoms with Crippen molar-refractivity contribution in [1.82, 2.24) is 4.98 Å². The molecule has 0 fully saturated rings. The van der Waals surface area contributed by atoms with Crippen LogP contribution in [0.4, 0.5) is 0 Å². The molecule has 5 heteroatoms. The molecule has 2 rings (SSSR count). The topological polar surface area (TPSA) is 83.3 Å². The van der Waals surface area contributed by atoms with Gasteiger partial charge in [0.25, 0.3) is 0 Å². The quantitative estimate of drug-likeness (QED) is 0.743. The first-order valence-electron chi connectivity index (χ1n) is 4.61. The zero-order valence-electron chi connectivity index (χ0n) is 8.48. The molecule has 0 spiro atoms. The van der Waals surface area contributed by atoms with Gasteiger partial charge in [-0.3, -0.25) is 9.59 Å². The Bertz CT molecular complexity index is 594. The fourth-order valence-electron chi connectivity index (χ4n) is 1.33. The Hall–Kier alpha value is -2.30. The smallest absolute Gasteiger partial charge is 0.234 e. The lowest BCUT2D eigenvalue weighted by Gasteiger charge is -1.97. The van der Waals surface area contributed by atoms with E-state index in [1.165, 1.54) is 12.3 Å². The van der Waals surface area contributed by atoms with E-state index in [0.29, 0.717) is 5.76 Å². The third-order valence-electron chi connectivity index (χ3n) is 2.13. The van der Waals surface area contributed by atoms with E-state index in [1.54, 1.807) is 13.0 Å². The van der Waals surface area contributed by atoms with Crippen molar-refractivity contribution >= 4 is 5.78 Å². The van der Waals surface area contributed by atoms with Crippen LogP contribution in [0.5, 0.6) is 5.75 Å².